The van der Waals surface area contributed by atoms with Gasteiger partial charge in [0.25, 0.3) is 11.8 Å². The van der Waals surface area contributed by atoms with E-state index in [0.717, 1.165) is 24.2 Å². The maximum atomic E-state index is 12.9. The number of nitrogens with zero attached hydrogens (tertiary/aromatic N) is 3. The van der Waals surface area contributed by atoms with Crippen molar-refractivity contribution in [3.63, 3.8) is 0 Å². The van der Waals surface area contributed by atoms with Gasteiger partial charge in [0.1, 0.15) is 12.1 Å². The normalized spacial score (nSPS) is 18.3. The van der Waals surface area contributed by atoms with E-state index in [1.165, 1.54) is 11.8 Å². The minimum Gasteiger partial charge on any atom is -0.451 e. The second-order valence-corrected chi connectivity index (χ2v) is 7.83. The molecular weight excluding hydrogens is 400 g/mol. The number of urea groups is 1. The van der Waals surface area contributed by atoms with E-state index in [-0.39, 0.29) is 13.0 Å². The van der Waals surface area contributed by atoms with Crippen LogP contribution < -0.4 is 10.2 Å². The van der Waals surface area contributed by atoms with Crippen molar-refractivity contribution in [2.45, 2.75) is 57.1 Å². The summed E-state index contributed by atoms with van der Waals surface area (Å²) in [6.45, 7) is 1.03. The quantitative estimate of drug-likeness (QED) is 0.527. The summed E-state index contributed by atoms with van der Waals surface area (Å²) >= 11 is 0. The Hall–Kier alpha value is -3.41. The van der Waals surface area contributed by atoms with Crippen LogP contribution in [0.5, 0.6) is 0 Å². The van der Waals surface area contributed by atoms with E-state index in [0.29, 0.717) is 18.5 Å². The first-order valence-corrected chi connectivity index (χ1v) is 10.4. The Labute approximate surface area is 180 Å². The third-order valence-electron chi connectivity index (χ3n) is 5.68. The predicted octanol–water partition coefficient (Wildman–Crippen LogP) is 2.12. The van der Waals surface area contributed by atoms with Crippen molar-refractivity contribution in [2.75, 3.05) is 18.0 Å². The average Bonchev–Trinajstić information content (AvgIpc) is 2.98. The van der Waals surface area contributed by atoms with Gasteiger partial charge >= 0.3 is 12.0 Å². The molecule has 3 rings (SSSR count). The Morgan fingerprint density at radius 2 is 1.90 bits per heavy atom. The van der Waals surface area contributed by atoms with E-state index in [4.69, 9.17) is 10.00 Å². The highest BCUT2D eigenvalue weighted by Gasteiger charge is 2.51. The molecule has 1 aromatic rings. The van der Waals surface area contributed by atoms with Crippen LogP contribution in [-0.4, -0.2) is 53.4 Å². The lowest BCUT2D eigenvalue weighted by Gasteiger charge is -2.30. The highest BCUT2D eigenvalue weighted by Crippen LogP contribution is 2.33. The Morgan fingerprint density at radius 3 is 2.55 bits per heavy atom. The molecule has 1 aromatic carbocycles. The third kappa shape index (κ3) is 4.85. The Bertz CT molecular complexity index is 889. The summed E-state index contributed by atoms with van der Waals surface area (Å²) in [7, 11) is 0. The van der Waals surface area contributed by atoms with Gasteiger partial charge in [-0.1, -0.05) is 37.5 Å². The molecule has 1 N–H and O–H groups in total. The van der Waals surface area contributed by atoms with Crippen molar-refractivity contribution >= 4 is 29.5 Å². The van der Waals surface area contributed by atoms with Gasteiger partial charge < -0.3 is 15.0 Å². The lowest BCUT2D eigenvalue weighted by atomic mass is 9.82. The van der Waals surface area contributed by atoms with Crippen LogP contribution in [0.25, 0.3) is 0 Å². The lowest BCUT2D eigenvalue weighted by Crippen LogP contribution is -2.48. The van der Waals surface area contributed by atoms with Gasteiger partial charge in [-0.15, -0.1) is 0 Å². The third-order valence-corrected chi connectivity index (χ3v) is 5.68. The standard InChI is InChI=1S/C22H26N4O5/c1-16(19(28)25(14-8-13-23)17-9-4-2-5-10-17)31-18(27)15-26-20(29)22(24-21(26)30)11-6-3-7-12-22/h2,4-5,9-10,16H,3,6-8,11-12,14-15H2,1H3,(H,24,30). The Balaban J connectivity index is 1.63. The summed E-state index contributed by atoms with van der Waals surface area (Å²) in [6, 6.07) is 10.2. The van der Waals surface area contributed by atoms with Crippen LogP contribution in [0.3, 0.4) is 0 Å². The number of imide groups is 1. The number of hydrogen-bond donors (Lipinski definition) is 1. The van der Waals surface area contributed by atoms with Crippen molar-refractivity contribution in [3.05, 3.63) is 30.3 Å². The van der Waals surface area contributed by atoms with Crippen LogP contribution in [0, 0.1) is 11.3 Å². The lowest BCUT2D eigenvalue weighted by molar-refractivity contribution is -0.156. The fraction of sp³-hybridized carbons (Fsp3) is 0.500. The molecule has 1 aliphatic carbocycles. The van der Waals surface area contributed by atoms with Crippen molar-refractivity contribution in [1.29, 1.82) is 5.26 Å². The molecule has 31 heavy (non-hydrogen) atoms. The number of carbonyl (C=O) groups excluding carboxylic acids is 4. The topological polar surface area (TPSA) is 120 Å². The molecule has 1 heterocycles. The molecule has 4 amide bonds. The Kier molecular flexibility index (Phi) is 6.90. The van der Waals surface area contributed by atoms with Gasteiger partial charge in [0, 0.05) is 12.2 Å². The highest BCUT2D eigenvalue weighted by atomic mass is 16.5. The number of ether oxygens (including phenoxy) is 1. The maximum Gasteiger partial charge on any atom is 0.327 e. The Morgan fingerprint density at radius 1 is 1.23 bits per heavy atom. The van der Waals surface area contributed by atoms with E-state index in [1.54, 1.807) is 30.3 Å². The van der Waals surface area contributed by atoms with Gasteiger partial charge in [-0.05, 0) is 31.9 Å². The van der Waals surface area contributed by atoms with Gasteiger partial charge in [-0.3, -0.25) is 19.3 Å². The van der Waals surface area contributed by atoms with Gasteiger partial charge in [0.2, 0.25) is 0 Å². The molecule has 0 aromatic heterocycles. The van der Waals surface area contributed by atoms with Crippen LogP contribution in [0.2, 0.25) is 0 Å². The number of anilines is 1. The first-order valence-electron chi connectivity index (χ1n) is 10.4. The molecule has 2 aliphatic rings. The van der Waals surface area contributed by atoms with Crippen LogP contribution in [-0.2, 0) is 19.1 Å². The molecule has 1 saturated heterocycles. The molecule has 1 aliphatic heterocycles. The van der Waals surface area contributed by atoms with E-state index < -0.39 is 42.0 Å². The minimum atomic E-state index is -1.14. The summed E-state index contributed by atoms with van der Waals surface area (Å²) in [4.78, 5) is 52.6. The number of hydrogen-bond acceptors (Lipinski definition) is 6. The zero-order chi connectivity index (χ0) is 22.4. The molecule has 0 bridgehead atoms. The van der Waals surface area contributed by atoms with Crippen molar-refractivity contribution in [2.24, 2.45) is 0 Å². The summed E-state index contributed by atoms with van der Waals surface area (Å²) in [5.41, 5.74) is -0.336. The molecule has 1 spiro atoms. The summed E-state index contributed by atoms with van der Waals surface area (Å²) in [5, 5.41) is 11.6. The average molecular weight is 426 g/mol. The number of nitriles is 1. The zero-order valence-corrected chi connectivity index (χ0v) is 17.5. The van der Waals surface area contributed by atoms with Crippen LogP contribution in [0.1, 0.15) is 45.4 Å². The van der Waals surface area contributed by atoms with Crippen molar-refractivity contribution < 1.29 is 23.9 Å². The monoisotopic (exact) mass is 426 g/mol. The van der Waals surface area contributed by atoms with Gasteiger partial charge in [0.05, 0.1) is 12.5 Å². The fourth-order valence-electron chi connectivity index (χ4n) is 4.08. The second kappa shape index (κ2) is 9.60. The number of nitrogens with one attached hydrogen (secondary N) is 1. The number of benzene rings is 1. The molecule has 9 heteroatoms. The van der Waals surface area contributed by atoms with E-state index in [9.17, 15) is 19.2 Å². The summed E-state index contributed by atoms with van der Waals surface area (Å²) in [5.74, 6) is -1.74. The molecule has 0 radical (unpaired) electrons. The van der Waals surface area contributed by atoms with Crippen molar-refractivity contribution in [1.82, 2.24) is 10.2 Å². The largest absolute Gasteiger partial charge is 0.451 e. The van der Waals surface area contributed by atoms with Crippen LogP contribution in [0.15, 0.2) is 30.3 Å². The van der Waals surface area contributed by atoms with Gasteiger partial charge in [-0.25, -0.2) is 4.79 Å². The minimum absolute atomic E-state index is 0.117. The number of rotatable bonds is 7. The van der Waals surface area contributed by atoms with E-state index in [1.807, 2.05) is 6.07 Å². The second-order valence-electron chi connectivity index (χ2n) is 7.83. The molecule has 2 fully saturated rings. The summed E-state index contributed by atoms with van der Waals surface area (Å²) < 4.78 is 5.24. The van der Waals surface area contributed by atoms with Crippen molar-refractivity contribution in [3.8, 4) is 6.07 Å². The van der Waals surface area contributed by atoms with Crippen LogP contribution >= 0.6 is 0 Å². The first kappa shape index (κ1) is 22.3. The number of amides is 4. The van der Waals surface area contributed by atoms with E-state index in [2.05, 4.69) is 5.32 Å². The number of para-hydroxylation sites is 1. The zero-order valence-electron chi connectivity index (χ0n) is 17.5. The number of esters is 1. The highest BCUT2D eigenvalue weighted by molar-refractivity contribution is 6.09. The molecule has 164 valence electrons. The smallest absolute Gasteiger partial charge is 0.327 e. The molecule has 1 saturated carbocycles. The first-order chi connectivity index (χ1) is 14.9. The molecule has 1 unspecified atom stereocenters. The molecule has 9 nitrogen and oxygen atoms in total. The molecular formula is C22H26N4O5. The van der Waals surface area contributed by atoms with E-state index >= 15 is 0 Å². The predicted molar refractivity (Wildman–Crippen MR) is 111 cm³/mol. The summed E-state index contributed by atoms with van der Waals surface area (Å²) in [6.07, 6.45) is 2.78. The fourth-order valence-corrected chi connectivity index (χ4v) is 4.08. The number of carbonyl (C=O) groups is 4. The van der Waals surface area contributed by atoms with Gasteiger partial charge in [0.15, 0.2) is 6.10 Å². The maximum absolute atomic E-state index is 12.9. The molecule has 1 atom stereocenters. The van der Waals surface area contributed by atoms with Crippen LogP contribution in [0.4, 0.5) is 10.5 Å². The van der Waals surface area contributed by atoms with Gasteiger partial charge in [-0.2, -0.15) is 5.26 Å². The SMILES string of the molecule is CC(OC(=O)CN1C(=O)NC2(CCCCC2)C1=O)C(=O)N(CCC#N)c1ccccc1.